The van der Waals surface area contributed by atoms with Gasteiger partial charge in [0.1, 0.15) is 0 Å². The minimum absolute atomic E-state index is 1.04. The van der Waals surface area contributed by atoms with Crippen LogP contribution >= 0.6 is 0 Å². The Morgan fingerprint density at radius 1 is 1.67 bits per heavy atom. The van der Waals surface area contributed by atoms with Gasteiger partial charge in [0.15, 0.2) is 0 Å². The molecular weight excluding hydrogens is 108 g/mol. The Morgan fingerprint density at radius 3 is 2.78 bits per heavy atom. The first kappa shape index (κ1) is 6.85. The molecular formula is C9H16. The summed E-state index contributed by atoms with van der Waals surface area (Å²) in [6.45, 7) is 6.04. The molecule has 1 saturated carbocycles. The van der Waals surface area contributed by atoms with Gasteiger partial charge in [-0.15, -0.1) is 6.58 Å². The van der Waals surface area contributed by atoms with Crippen molar-refractivity contribution in [2.45, 2.75) is 32.6 Å². The Balaban J connectivity index is 1.88. The number of allylic oxidation sites excluding steroid dienone is 1. The fourth-order valence-corrected chi connectivity index (χ4v) is 1.33. The van der Waals surface area contributed by atoms with Gasteiger partial charge in [-0.1, -0.05) is 13.0 Å². The third kappa shape index (κ3) is 2.21. The second kappa shape index (κ2) is 3.05. The van der Waals surface area contributed by atoms with Crippen LogP contribution in [-0.2, 0) is 0 Å². The highest BCUT2D eigenvalue weighted by molar-refractivity contribution is 4.82. The standard InChI is InChI=1S/C9H16/c1-3-4-5-6-9-7-8(9)2/h3,8-9H,1,4-7H2,2H3/t8-,9+/m0/s1. The number of hydrogen-bond donors (Lipinski definition) is 0. The second-order valence-electron chi connectivity index (χ2n) is 3.19. The molecule has 0 heterocycles. The predicted octanol–water partition coefficient (Wildman–Crippen LogP) is 3.00. The summed E-state index contributed by atoms with van der Waals surface area (Å²) in [6.07, 6.45) is 7.51. The zero-order chi connectivity index (χ0) is 6.69. The van der Waals surface area contributed by atoms with Gasteiger partial charge in [0.25, 0.3) is 0 Å². The summed E-state index contributed by atoms with van der Waals surface area (Å²) in [7, 11) is 0. The molecule has 9 heavy (non-hydrogen) atoms. The summed E-state index contributed by atoms with van der Waals surface area (Å²) >= 11 is 0. The average molecular weight is 124 g/mol. The Labute approximate surface area is 58.0 Å². The topological polar surface area (TPSA) is 0 Å². The highest BCUT2D eigenvalue weighted by Crippen LogP contribution is 2.41. The number of unbranched alkanes of at least 4 members (excludes halogenated alkanes) is 1. The van der Waals surface area contributed by atoms with Gasteiger partial charge in [-0.05, 0) is 37.5 Å². The van der Waals surface area contributed by atoms with Gasteiger partial charge < -0.3 is 0 Å². The van der Waals surface area contributed by atoms with Gasteiger partial charge >= 0.3 is 0 Å². The Hall–Kier alpha value is -0.260. The van der Waals surface area contributed by atoms with Crippen molar-refractivity contribution in [3.05, 3.63) is 12.7 Å². The van der Waals surface area contributed by atoms with Crippen molar-refractivity contribution < 1.29 is 0 Å². The van der Waals surface area contributed by atoms with Crippen molar-refractivity contribution in [1.82, 2.24) is 0 Å². The molecule has 0 aliphatic heterocycles. The summed E-state index contributed by atoms with van der Waals surface area (Å²) in [5.41, 5.74) is 0. The molecule has 0 aromatic rings. The van der Waals surface area contributed by atoms with Gasteiger partial charge in [-0.3, -0.25) is 0 Å². The summed E-state index contributed by atoms with van der Waals surface area (Å²) < 4.78 is 0. The third-order valence-electron chi connectivity index (χ3n) is 2.26. The van der Waals surface area contributed by atoms with E-state index in [1.807, 2.05) is 6.08 Å². The molecule has 0 spiro atoms. The summed E-state index contributed by atoms with van der Waals surface area (Å²) in [5.74, 6) is 2.11. The number of rotatable bonds is 4. The van der Waals surface area contributed by atoms with Crippen LogP contribution in [0.2, 0.25) is 0 Å². The molecule has 0 heteroatoms. The van der Waals surface area contributed by atoms with Crippen molar-refractivity contribution in [2.24, 2.45) is 11.8 Å². The SMILES string of the molecule is C=CCCC[C@@H]1C[C@@H]1C. The maximum atomic E-state index is 3.70. The van der Waals surface area contributed by atoms with E-state index in [9.17, 15) is 0 Å². The van der Waals surface area contributed by atoms with E-state index in [4.69, 9.17) is 0 Å². The molecule has 0 saturated heterocycles. The van der Waals surface area contributed by atoms with E-state index in [0.717, 1.165) is 11.8 Å². The highest BCUT2D eigenvalue weighted by atomic mass is 14.4. The Kier molecular flexibility index (Phi) is 2.32. The second-order valence-corrected chi connectivity index (χ2v) is 3.19. The van der Waals surface area contributed by atoms with Gasteiger partial charge in [0.2, 0.25) is 0 Å². The number of hydrogen-bond acceptors (Lipinski definition) is 0. The predicted molar refractivity (Wildman–Crippen MR) is 41.3 cm³/mol. The molecule has 0 aromatic heterocycles. The smallest absolute Gasteiger partial charge is 0.0353 e. The van der Waals surface area contributed by atoms with Crippen LogP contribution in [0.25, 0.3) is 0 Å². The maximum absolute atomic E-state index is 3.70. The minimum atomic E-state index is 1.04. The van der Waals surface area contributed by atoms with E-state index in [0.29, 0.717) is 0 Å². The van der Waals surface area contributed by atoms with Crippen molar-refractivity contribution in [3.8, 4) is 0 Å². The first-order valence-corrected chi connectivity index (χ1v) is 3.95. The molecule has 52 valence electrons. The summed E-state index contributed by atoms with van der Waals surface area (Å²) in [4.78, 5) is 0. The molecule has 2 atom stereocenters. The van der Waals surface area contributed by atoms with Crippen molar-refractivity contribution in [3.63, 3.8) is 0 Å². The molecule has 0 aromatic carbocycles. The van der Waals surface area contributed by atoms with Crippen LogP contribution in [0.15, 0.2) is 12.7 Å². The van der Waals surface area contributed by atoms with Gasteiger partial charge in [-0.25, -0.2) is 0 Å². The highest BCUT2D eigenvalue weighted by Gasteiger charge is 2.30. The normalized spacial score (nSPS) is 32.1. The molecule has 0 amide bonds. The van der Waals surface area contributed by atoms with Crippen molar-refractivity contribution in [2.75, 3.05) is 0 Å². The molecule has 1 rings (SSSR count). The maximum Gasteiger partial charge on any atom is -0.0353 e. The summed E-state index contributed by atoms with van der Waals surface area (Å²) in [5, 5.41) is 0. The quantitative estimate of drug-likeness (QED) is 0.399. The van der Waals surface area contributed by atoms with Crippen LogP contribution in [0.1, 0.15) is 32.6 Å². The lowest BCUT2D eigenvalue weighted by Gasteiger charge is -1.92. The third-order valence-corrected chi connectivity index (χ3v) is 2.26. The fourth-order valence-electron chi connectivity index (χ4n) is 1.33. The molecule has 1 fully saturated rings. The molecule has 0 bridgehead atoms. The van der Waals surface area contributed by atoms with Crippen LogP contribution in [-0.4, -0.2) is 0 Å². The lowest BCUT2D eigenvalue weighted by Crippen LogP contribution is -1.78. The van der Waals surface area contributed by atoms with Crippen LogP contribution in [0.4, 0.5) is 0 Å². The first-order chi connectivity index (χ1) is 4.34. The van der Waals surface area contributed by atoms with Gasteiger partial charge in [0, 0.05) is 0 Å². The van der Waals surface area contributed by atoms with Crippen LogP contribution in [0.3, 0.4) is 0 Å². The lowest BCUT2D eigenvalue weighted by atomic mass is 10.1. The van der Waals surface area contributed by atoms with Crippen molar-refractivity contribution in [1.29, 1.82) is 0 Å². The fraction of sp³-hybridized carbons (Fsp3) is 0.778. The molecule has 1 aliphatic rings. The van der Waals surface area contributed by atoms with E-state index in [1.165, 1.54) is 25.7 Å². The molecule has 1 aliphatic carbocycles. The van der Waals surface area contributed by atoms with Crippen LogP contribution in [0, 0.1) is 11.8 Å². The van der Waals surface area contributed by atoms with Gasteiger partial charge in [-0.2, -0.15) is 0 Å². The molecule has 0 radical (unpaired) electrons. The van der Waals surface area contributed by atoms with E-state index in [1.54, 1.807) is 0 Å². The van der Waals surface area contributed by atoms with E-state index in [-0.39, 0.29) is 0 Å². The Bertz CT molecular complexity index is 94.2. The summed E-state index contributed by atoms with van der Waals surface area (Å²) in [6, 6.07) is 0. The van der Waals surface area contributed by atoms with E-state index >= 15 is 0 Å². The van der Waals surface area contributed by atoms with Crippen molar-refractivity contribution >= 4 is 0 Å². The molecule has 0 nitrogen and oxygen atoms in total. The zero-order valence-corrected chi connectivity index (χ0v) is 6.27. The first-order valence-electron chi connectivity index (χ1n) is 3.95. The Morgan fingerprint density at radius 2 is 2.33 bits per heavy atom. The van der Waals surface area contributed by atoms with E-state index in [2.05, 4.69) is 13.5 Å². The van der Waals surface area contributed by atoms with Crippen LogP contribution in [0.5, 0.6) is 0 Å². The lowest BCUT2D eigenvalue weighted by molar-refractivity contribution is 0.636. The van der Waals surface area contributed by atoms with E-state index < -0.39 is 0 Å². The largest absolute Gasteiger partial charge is 0.103 e. The van der Waals surface area contributed by atoms with Crippen LogP contribution < -0.4 is 0 Å². The molecule has 0 N–H and O–H groups in total. The van der Waals surface area contributed by atoms with Gasteiger partial charge in [0.05, 0.1) is 0 Å². The monoisotopic (exact) mass is 124 g/mol. The minimum Gasteiger partial charge on any atom is -0.103 e. The zero-order valence-electron chi connectivity index (χ0n) is 6.27. The molecule has 0 unspecified atom stereocenters. The average Bonchev–Trinajstić information content (AvgIpc) is 2.48.